The molecular weight excluding hydrogens is 347 g/mol. The summed E-state index contributed by atoms with van der Waals surface area (Å²) in [5.74, 6) is -0.288. The fourth-order valence-corrected chi connectivity index (χ4v) is 2.27. The van der Waals surface area contributed by atoms with Crippen LogP contribution in [0.5, 0.6) is 0 Å². The average molecular weight is 361 g/mol. The summed E-state index contributed by atoms with van der Waals surface area (Å²) < 4.78 is 2.78. The van der Waals surface area contributed by atoms with E-state index in [1.807, 2.05) is 0 Å². The van der Waals surface area contributed by atoms with Crippen LogP contribution < -0.4 is 5.32 Å². The second-order valence-corrected chi connectivity index (χ2v) is 5.51. The van der Waals surface area contributed by atoms with E-state index in [0.29, 0.717) is 35.4 Å². The number of nitrogens with zero attached hydrogens (tertiary/aromatic N) is 5. The monoisotopic (exact) mass is 360 g/mol. The molecule has 9 nitrogen and oxygen atoms in total. The van der Waals surface area contributed by atoms with Crippen LogP contribution in [-0.2, 0) is 17.9 Å². The Morgan fingerprint density at radius 1 is 1.48 bits per heavy atom. The third-order valence-corrected chi connectivity index (χ3v) is 3.93. The quantitative estimate of drug-likeness (QED) is 0.460. The lowest BCUT2D eigenvalue weighted by atomic mass is 10.4. The van der Waals surface area contributed by atoms with Crippen molar-refractivity contribution in [2.45, 2.75) is 26.4 Å². The van der Waals surface area contributed by atoms with Crippen molar-refractivity contribution in [2.24, 2.45) is 0 Å². The fraction of sp³-hybridized carbons (Fsp3) is 0.417. The van der Waals surface area contributed by atoms with Crippen LogP contribution in [0.3, 0.4) is 0 Å². The van der Waals surface area contributed by atoms with Gasteiger partial charge in [0.2, 0.25) is 5.91 Å². The van der Waals surface area contributed by atoms with E-state index < -0.39 is 4.92 Å². The number of nitrogens with one attached hydrogen (secondary N) is 1. The van der Waals surface area contributed by atoms with Gasteiger partial charge in [-0.15, -0.1) is 0 Å². The highest BCUT2D eigenvalue weighted by Crippen LogP contribution is 2.24. The minimum Gasteiger partial charge on any atom is -0.354 e. The van der Waals surface area contributed by atoms with Crippen LogP contribution in [0.25, 0.3) is 0 Å². The molecule has 23 heavy (non-hydrogen) atoms. The van der Waals surface area contributed by atoms with Gasteiger partial charge in [0.05, 0.1) is 10.6 Å². The smallest absolute Gasteiger partial charge is 0.307 e. The van der Waals surface area contributed by atoms with Crippen molar-refractivity contribution in [3.63, 3.8) is 0 Å². The summed E-state index contributed by atoms with van der Waals surface area (Å²) in [4.78, 5) is 21.7. The molecule has 1 N–H and O–H groups in total. The molecule has 0 aromatic carbocycles. The Kier molecular flexibility index (Phi) is 5.56. The zero-order valence-corrected chi connectivity index (χ0v) is 13.7. The minimum absolute atomic E-state index is 0.0820. The van der Waals surface area contributed by atoms with Crippen molar-refractivity contribution < 1.29 is 9.72 Å². The molecule has 0 saturated carbocycles. The lowest BCUT2D eigenvalue weighted by molar-refractivity contribution is -0.385. The molecule has 1 amide bonds. The number of hydrogen-bond donors (Lipinski definition) is 1. The van der Waals surface area contributed by atoms with E-state index in [1.165, 1.54) is 10.9 Å². The van der Waals surface area contributed by atoms with E-state index in [0.717, 1.165) is 6.20 Å². The lowest BCUT2D eigenvalue weighted by Gasteiger charge is -2.06. The lowest BCUT2D eigenvalue weighted by Crippen LogP contribution is -2.29. The molecule has 0 aliphatic heterocycles. The zero-order valence-electron chi connectivity index (χ0n) is 12.2. The molecule has 0 aliphatic rings. The van der Waals surface area contributed by atoms with Crippen LogP contribution in [-0.4, -0.2) is 36.9 Å². The van der Waals surface area contributed by atoms with E-state index >= 15 is 0 Å². The summed E-state index contributed by atoms with van der Waals surface area (Å²) >= 11 is 11.9. The summed E-state index contributed by atoms with van der Waals surface area (Å²) in [5, 5.41) is 21.9. The highest BCUT2D eigenvalue weighted by Gasteiger charge is 2.12. The van der Waals surface area contributed by atoms with E-state index in [9.17, 15) is 14.9 Å². The van der Waals surface area contributed by atoms with Crippen molar-refractivity contribution in [3.05, 3.63) is 38.4 Å². The average Bonchev–Trinajstić information content (AvgIpc) is 3.05. The number of nitro groups is 1. The normalized spacial score (nSPS) is 10.7. The minimum atomic E-state index is -0.567. The second kappa shape index (κ2) is 7.42. The van der Waals surface area contributed by atoms with Crippen molar-refractivity contribution in [3.8, 4) is 0 Å². The van der Waals surface area contributed by atoms with Crippen molar-refractivity contribution in [1.82, 2.24) is 24.9 Å². The molecule has 0 fully saturated rings. The van der Waals surface area contributed by atoms with Crippen molar-refractivity contribution in [1.29, 1.82) is 0 Å². The molecule has 2 aromatic heterocycles. The Morgan fingerprint density at radius 2 is 2.22 bits per heavy atom. The maximum absolute atomic E-state index is 11.7. The molecule has 124 valence electrons. The molecule has 0 saturated heterocycles. The predicted octanol–water partition coefficient (Wildman–Crippen LogP) is 1.81. The maximum Gasteiger partial charge on any atom is 0.307 e. The van der Waals surface area contributed by atoms with Gasteiger partial charge >= 0.3 is 5.69 Å². The molecular formula is C12H14Cl2N6O3. The summed E-state index contributed by atoms with van der Waals surface area (Å²) in [6.07, 6.45) is 2.91. The van der Waals surface area contributed by atoms with E-state index in [4.69, 9.17) is 23.2 Å². The van der Waals surface area contributed by atoms with Gasteiger partial charge in [-0.2, -0.15) is 10.2 Å². The van der Waals surface area contributed by atoms with Crippen molar-refractivity contribution in [2.75, 3.05) is 6.54 Å². The number of halogens is 2. The topological polar surface area (TPSA) is 108 Å². The first-order chi connectivity index (χ1) is 10.9. The third-order valence-electron chi connectivity index (χ3n) is 3.00. The van der Waals surface area contributed by atoms with Crippen molar-refractivity contribution >= 4 is 34.8 Å². The van der Waals surface area contributed by atoms with Gasteiger partial charge in [-0.05, 0) is 13.3 Å². The summed E-state index contributed by atoms with van der Waals surface area (Å²) in [6.45, 7) is 2.60. The Morgan fingerprint density at radius 3 is 2.78 bits per heavy atom. The van der Waals surface area contributed by atoms with Gasteiger partial charge in [0.25, 0.3) is 0 Å². The number of carbonyl (C=O) groups excluding carboxylic acids is 1. The molecule has 2 aromatic rings. The van der Waals surface area contributed by atoms with E-state index in [2.05, 4.69) is 15.5 Å². The van der Waals surface area contributed by atoms with E-state index in [-0.39, 0.29) is 18.1 Å². The molecule has 2 heterocycles. The molecule has 0 aliphatic carbocycles. The SMILES string of the molecule is Cc1nn(CCCNC(=O)Cn2cc([N+](=O)[O-])cn2)c(Cl)c1Cl. The molecule has 2 rings (SSSR count). The van der Waals surface area contributed by atoms with Crippen LogP contribution in [0.4, 0.5) is 5.69 Å². The summed E-state index contributed by atoms with van der Waals surface area (Å²) in [6, 6.07) is 0. The second-order valence-electron chi connectivity index (χ2n) is 4.77. The summed E-state index contributed by atoms with van der Waals surface area (Å²) in [7, 11) is 0. The van der Waals surface area contributed by atoms with Crippen LogP contribution in [0.1, 0.15) is 12.1 Å². The van der Waals surface area contributed by atoms with Gasteiger partial charge in [-0.1, -0.05) is 23.2 Å². The molecule has 0 spiro atoms. The standard InChI is InChI=1S/C12H14Cl2N6O3/c1-8-11(13)12(14)19(17-8)4-2-3-15-10(21)7-18-6-9(5-16-18)20(22)23/h5-6H,2-4,7H2,1H3,(H,15,21). The van der Waals surface area contributed by atoms with Gasteiger partial charge in [0.15, 0.2) is 0 Å². The van der Waals surface area contributed by atoms with Crippen LogP contribution >= 0.6 is 23.2 Å². The first kappa shape index (κ1) is 17.2. The van der Waals surface area contributed by atoms with Gasteiger partial charge in [-0.3, -0.25) is 24.3 Å². The van der Waals surface area contributed by atoms with Crippen LogP contribution in [0, 0.1) is 17.0 Å². The molecule has 11 heteroatoms. The largest absolute Gasteiger partial charge is 0.354 e. The van der Waals surface area contributed by atoms with Gasteiger partial charge in [0.1, 0.15) is 29.1 Å². The Hall–Kier alpha value is -2.13. The van der Waals surface area contributed by atoms with Crippen LogP contribution in [0.15, 0.2) is 12.4 Å². The van der Waals surface area contributed by atoms with E-state index in [1.54, 1.807) is 11.6 Å². The number of aryl methyl sites for hydroxylation is 2. The van der Waals surface area contributed by atoms with Gasteiger partial charge in [-0.25, -0.2) is 0 Å². The number of carbonyl (C=O) groups is 1. The highest BCUT2D eigenvalue weighted by atomic mass is 35.5. The number of rotatable bonds is 7. The molecule has 0 radical (unpaired) electrons. The number of hydrogen-bond acceptors (Lipinski definition) is 5. The number of aromatic nitrogens is 4. The predicted molar refractivity (Wildman–Crippen MR) is 83.5 cm³/mol. The molecule has 0 unspecified atom stereocenters. The first-order valence-corrected chi connectivity index (χ1v) is 7.46. The van der Waals surface area contributed by atoms with Crippen LogP contribution in [0.2, 0.25) is 10.2 Å². The Labute approximate surface area is 141 Å². The fourth-order valence-electron chi connectivity index (χ4n) is 1.87. The maximum atomic E-state index is 11.7. The zero-order chi connectivity index (χ0) is 17.0. The Bertz CT molecular complexity index is 726. The van der Waals surface area contributed by atoms with Gasteiger partial charge in [0, 0.05) is 13.1 Å². The Balaban J connectivity index is 1.74. The van der Waals surface area contributed by atoms with Gasteiger partial charge < -0.3 is 5.32 Å². The molecule has 0 atom stereocenters. The third kappa shape index (κ3) is 4.42. The first-order valence-electron chi connectivity index (χ1n) is 6.70. The molecule has 0 bridgehead atoms. The summed E-state index contributed by atoms with van der Waals surface area (Å²) in [5.41, 5.74) is 0.499. The number of amides is 1. The highest BCUT2D eigenvalue weighted by molar-refractivity contribution is 6.41.